The molecule has 0 aliphatic heterocycles. The number of methoxy groups -OCH3 is 2. The van der Waals surface area contributed by atoms with Crippen molar-refractivity contribution < 1.29 is 14.3 Å². The van der Waals surface area contributed by atoms with Gasteiger partial charge in [0.25, 0.3) is 0 Å². The van der Waals surface area contributed by atoms with E-state index in [1.807, 2.05) is 29.2 Å². The molecular weight excluding hydrogens is 256 g/mol. The molecule has 0 heterocycles. The van der Waals surface area contributed by atoms with Crippen LogP contribution in [0.2, 0.25) is 0 Å². The van der Waals surface area contributed by atoms with Gasteiger partial charge in [-0.2, -0.15) is 0 Å². The second-order valence-electron chi connectivity index (χ2n) is 5.11. The van der Waals surface area contributed by atoms with Crippen molar-refractivity contribution in [3.05, 3.63) is 29.8 Å². The molecule has 1 saturated carbocycles. The Hall–Kier alpha value is -1.59. The molecule has 1 unspecified atom stereocenters. The molecule has 1 aromatic carbocycles. The van der Waals surface area contributed by atoms with Gasteiger partial charge in [-0.1, -0.05) is 12.1 Å². The van der Waals surface area contributed by atoms with E-state index in [0.29, 0.717) is 12.6 Å². The minimum absolute atomic E-state index is 0.0369. The first-order chi connectivity index (χ1) is 9.65. The second kappa shape index (κ2) is 6.72. The summed E-state index contributed by atoms with van der Waals surface area (Å²) in [6.07, 6.45) is 2.11. The van der Waals surface area contributed by atoms with Crippen molar-refractivity contribution in [1.82, 2.24) is 4.90 Å². The van der Waals surface area contributed by atoms with E-state index in [4.69, 9.17) is 15.2 Å². The monoisotopic (exact) mass is 278 g/mol. The first-order valence-electron chi connectivity index (χ1n) is 6.83. The summed E-state index contributed by atoms with van der Waals surface area (Å²) in [7, 11) is 3.19. The highest BCUT2D eigenvalue weighted by atomic mass is 16.5. The molecule has 1 aliphatic carbocycles. The summed E-state index contributed by atoms with van der Waals surface area (Å²) in [5.74, 6) is 0.777. The summed E-state index contributed by atoms with van der Waals surface area (Å²) < 4.78 is 10.1. The number of hydrogen-bond donors (Lipinski definition) is 1. The Labute approximate surface area is 119 Å². The van der Waals surface area contributed by atoms with Crippen molar-refractivity contribution in [1.29, 1.82) is 0 Å². The zero-order chi connectivity index (χ0) is 14.5. The molecule has 2 N–H and O–H groups in total. The van der Waals surface area contributed by atoms with E-state index < -0.39 is 6.04 Å². The van der Waals surface area contributed by atoms with E-state index in [2.05, 4.69) is 0 Å². The molecule has 1 atom stereocenters. The Morgan fingerprint density at radius 1 is 1.35 bits per heavy atom. The standard InChI is InChI=1S/C15H22N2O3/c1-19-10-14(16)15(18)17(12-5-6-12)9-11-3-7-13(20-2)8-4-11/h3-4,7-8,12,14H,5-6,9-10,16H2,1-2H3. The molecule has 1 aliphatic rings. The van der Waals surface area contributed by atoms with E-state index in [0.717, 1.165) is 24.2 Å². The van der Waals surface area contributed by atoms with Crippen LogP contribution in [0.5, 0.6) is 5.75 Å². The summed E-state index contributed by atoms with van der Waals surface area (Å²) in [5, 5.41) is 0. The molecule has 0 radical (unpaired) electrons. The molecule has 0 spiro atoms. The minimum atomic E-state index is -0.584. The van der Waals surface area contributed by atoms with Crippen LogP contribution in [0, 0.1) is 0 Å². The first kappa shape index (κ1) is 14.8. The number of amides is 1. The molecule has 5 heteroatoms. The summed E-state index contributed by atoms with van der Waals surface area (Å²) in [4.78, 5) is 14.2. The van der Waals surface area contributed by atoms with Gasteiger partial charge in [0, 0.05) is 19.7 Å². The van der Waals surface area contributed by atoms with Crippen LogP contribution < -0.4 is 10.5 Å². The lowest BCUT2D eigenvalue weighted by Crippen LogP contribution is -2.46. The Balaban J connectivity index is 2.03. The van der Waals surface area contributed by atoms with Crippen LogP contribution in [0.3, 0.4) is 0 Å². The zero-order valence-electron chi connectivity index (χ0n) is 12.0. The SMILES string of the molecule is COCC(N)C(=O)N(Cc1ccc(OC)cc1)C1CC1. The van der Waals surface area contributed by atoms with E-state index in [9.17, 15) is 4.79 Å². The lowest BCUT2D eigenvalue weighted by Gasteiger charge is -2.25. The average molecular weight is 278 g/mol. The van der Waals surface area contributed by atoms with Gasteiger partial charge in [-0.05, 0) is 30.5 Å². The maximum Gasteiger partial charge on any atom is 0.242 e. The number of carbonyl (C=O) groups excluding carboxylic acids is 1. The van der Waals surface area contributed by atoms with Crippen molar-refractivity contribution in [2.75, 3.05) is 20.8 Å². The molecule has 0 saturated heterocycles. The molecule has 110 valence electrons. The third-order valence-corrected chi connectivity index (χ3v) is 3.45. The number of nitrogens with two attached hydrogens (primary N) is 1. The van der Waals surface area contributed by atoms with Gasteiger partial charge in [-0.3, -0.25) is 4.79 Å². The maximum absolute atomic E-state index is 12.3. The molecule has 5 nitrogen and oxygen atoms in total. The zero-order valence-corrected chi connectivity index (χ0v) is 12.0. The molecule has 1 aromatic rings. The summed E-state index contributed by atoms with van der Waals surface area (Å²) in [6.45, 7) is 0.843. The third kappa shape index (κ3) is 3.71. The van der Waals surface area contributed by atoms with E-state index in [-0.39, 0.29) is 12.5 Å². The highest BCUT2D eigenvalue weighted by Gasteiger charge is 2.34. The Morgan fingerprint density at radius 2 is 2.00 bits per heavy atom. The van der Waals surface area contributed by atoms with Crippen LogP contribution >= 0.6 is 0 Å². The molecule has 0 aromatic heterocycles. The van der Waals surface area contributed by atoms with Gasteiger partial charge < -0.3 is 20.1 Å². The number of nitrogens with zero attached hydrogens (tertiary/aromatic N) is 1. The van der Waals surface area contributed by atoms with Crippen molar-refractivity contribution >= 4 is 5.91 Å². The fourth-order valence-electron chi connectivity index (χ4n) is 2.16. The fraction of sp³-hybridized carbons (Fsp3) is 0.533. The quantitative estimate of drug-likeness (QED) is 0.813. The van der Waals surface area contributed by atoms with Crippen LogP contribution in [0.4, 0.5) is 0 Å². The van der Waals surface area contributed by atoms with E-state index >= 15 is 0 Å². The van der Waals surface area contributed by atoms with Gasteiger partial charge in [0.05, 0.1) is 13.7 Å². The van der Waals surface area contributed by atoms with Crippen molar-refractivity contribution in [2.45, 2.75) is 31.5 Å². The van der Waals surface area contributed by atoms with Crippen LogP contribution in [-0.2, 0) is 16.1 Å². The topological polar surface area (TPSA) is 64.8 Å². The van der Waals surface area contributed by atoms with Crippen molar-refractivity contribution in [3.63, 3.8) is 0 Å². The number of ether oxygens (including phenoxy) is 2. The smallest absolute Gasteiger partial charge is 0.242 e. The maximum atomic E-state index is 12.3. The molecule has 1 fully saturated rings. The highest BCUT2D eigenvalue weighted by molar-refractivity contribution is 5.82. The predicted octanol–water partition coefficient (Wildman–Crippen LogP) is 1.16. The van der Waals surface area contributed by atoms with Gasteiger partial charge in [0.15, 0.2) is 0 Å². The third-order valence-electron chi connectivity index (χ3n) is 3.45. The van der Waals surface area contributed by atoms with Crippen LogP contribution in [0.1, 0.15) is 18.4 Å². The predicted molar refractivity (Wildman–Crippen MR) is 76.4 cm³/mol. The van der Waals surface area contributed by atoms with E-state index in [1.165, 1.54) is 0 Å². The van der Waals surface area contributed by atoms with Gasteiger partial charge in [0.1, 0.15) is 11.8 Å². The number of hydrogen-bond acceptors (Lipinski definition) is 4. The molecule has 1 amide bonds. The molecular formula is C15H22N2O3. The molecule has 2 rings (SSSR count). The van der Waals surface area contributed by atoms with Crippen LogP contribution in [0.15, 0.2) is 24.3 Å². The number of benzene rings is 1. The lowest BCUT2D eigenvalue weighted by atomic mass is 10.2. The summed E-state index contributed by atoms with van der Waals surface area (Å²) in [6, 6.07) is 7.50. The lowest BCUT2D eigenvalue weighted by molar-refractivity contribution is -0.135. The normalized spacial score (nSPS) is 15.8. The van der Waals surface area contributed by atoms with Gasteiger partial charge in [-0.25, -0.2) is 0 Å². The largest absolute Gasteiger partial charge is 0.497 e. The Morgan fingerprint density at radius 3 is 2.50 bits per heavy atom. The van der Waals surface area contributed by atoms with Crippen LogP contribution in [0.25, 0.3) is 0 Å². The van der Waals surface area contributed by atoms with E-state index in [1.54, 1.807) is 14.2 Å². The first-order valence-corrected chi connectivity index (χ1v) is 6.83. The Kier molecular flexibility index (Phi) is 4.98. The summed E-state index contributed by atoms with van der Waals surface area (Å²) in [5.41, 5.74) is 6.94. The summed E-state index contributed by atoms with van der Waals surface area (Å²) >= 11 is 0. The number of carbonyl (C=O) groups is 1. The van der Waals surface area contributed by atoms with Crippen LogP contribution in [-0.4, -0.2) is 43.7 Å². The van der Waals surface area contributed by atoms with Crippen molar-refractivity contribution in [2.24, 2.45) is 5.73 Å². The molecule has 20 heavy (non-hydrogen) atoms. The molecule has 0 bridgehead atoms. The van der Waals surface area contributed by atoms with Gasteiger partial charge in [-0.15, -0.1) is 0 Å². The highest BCUT2D eigenvalue weighted by Crippen LogP contribution is 2.29. The Bertz CT molecular complexity index is 443. The minimum Gasteiger partial charge on any atom is -0.497 e. The van der Waals surface area contributed by atoms with Crippen molar-refractivity contribution in [3.8, 4) is 5.75 Å². The fourth-order valence-corrected chi connectivity index (χ4v) is 2.16. The van der Waals surface area contributed by atoms with Gasteiger partial charge in [0.2, 0.25) is 5.91 Å². The van der Waals surface area contributed by atoms with Gasteiger partial charge >= 0.3 is 0 Å². The number of rotatable bonds is 7. The second-order valence-corrected chi connectivity index (χ2v) is 5.11. The average Bonchev–Trinajstić information content (AvgIpc) is 3.29.